The molecule has 0 aliphatic heterocycles. The maximum absolute atomic E-state index is 10.9. The fourth-order valence-electron chi connectivity index (χ4n) is 1.37. The first kappa shape index (κ1) is 14.8. The number of carbonyl (C=O) groups excluding carboxylic acids is 1. The van der Waals surface area contributed by atoms with Gasteiger partial charge < -0.3 is 9.47 Å². The fraction of sp³-hybridized carbons (Fsp3) is 0.188. The van der Waals surface area contributed by atoms with Gasteiger partial charge in [-0.15, -0.1) is 0 Å². The van der Waals surface area contributed by atoms with Crippen molar-refractivity contribution in [1.29, 1.82) is 0 Å². The third-order valence-electron chi connectivity index (χ3n) is 2.19. The Morgan fingerprint density at radius 1 is 1.16 bits per heavy atom. The van der Waals surface area contributed by atoms with Crippen LogP contribution in [0.15, 0.2) is 49.6 Å². The number of allylic oxidation sites excluding steroid dienone is 1. The van der Waals surface area contributed by atoms with Crippen molar-refractivity contribution >= 4 is 11.9 Å². The van der Waals surface area contributed by atoms with Crippen LogP contribution in [-0.2, 0) is 4.79 Å². The molecular formula is C16H18O3. The minimum atomic E-state index is 0.000504. The molecule has 0 aliphatic rings. The topological polar surface area (TPSA) is 35.5 Å². The van der Waals surface area contributed by atoms with Gasteiger partial charge in [-0.25, -0.2) is 0 Å². The second-order valence-corrected chi connectivity index (χ2v) is 3.85. The summed E-state index contributed by atoms with van der Waals surface area (Å²) in [6.45, 7) is 9.52. The normalized spacial score (nSPS) is 10.2. The lowest BCUT2D eigenvalue weighted by atomic mass is 10.1. The highest BCUT2D eigenvalue weighted by molar-refractivity contribution is 5.91. The number of hydrogen-bond donors (Lipinski definition) is 0. The Morgan fingerprint density at radius 3 is 2.37 bits per heavy atom. The highest BCUT2D eigenvalue weighted by Crippen LogP contribution is 2.29. The number of ether oxygens (including phenoxy) is 2. The maximum atomic E-state index is 10.9. The standard InChI is InChI=1S/C16H18O3/c1-4-10-18-15-9-8-14(7-6-13(3)17)12-16(15)19-11-5-2/h4-9,12H,1-2,10-11H2,3H3/b7-6+. The lowest BCUT2D eigenvalue weighted by Crippen LogP contribution is -1.99. The summed E-state index contributed by atoms with van der Waals surface area (Å²) < 4.78 is 11.0. The predicted octanol–water partition coefficient (Wildman–Crippen LogP) is 3.42. The molecule has 0 radical (unpaired) electrons. The average Bonchev–Trinajstić information content (AvgIpc) is 2.41. The predicted molar refractivity (Wildman–Crippen MR) is 77.5 cm³/mol. The molecule has 19 heavy (non-hydrogen) atoms. The molecule has 0 aliphatic carbocycles. The summed E-state index contributed by atoms with van der Waals surface area (Å²) in [5.74, 6) is 1.26. The van der Waals surface area contributed by atoms with E-state index in [4.69, 9.17) is 9.47 Å². The zero-order valence-electron chi connectivity index (χ0n) is 11.1. The summed E-state index contributed by atoms with van der Waals surface area (Å²) in [6, 6.07) is 5.49. The van der Waals surface area contributed by atoms with Crippen LogP contribution in [0.5, 0.6) is 11.5 Å². The van der Waals surface area contributed by atoms with Crippen molar-refractivity contribution in [3.05, 3.63) is 55.1 Å². The van der Waals surface area contributed by atoms with Crippen LogP contribution in [0.2, 0.25) is 0 Å². The van der Waals surface area contributed by atoms with E-state index in [0.29, 0.717) is 24.7 Å². The summed E-state index contributed by atoms with van der Waals surface area (Å²) >= 11 is 0. The summed E-state index contributed by atoms with van der Waals surface area (Å²) in [5.41, 5.74) is 0.875. The number of carbonyl (C=O) groups is 1. The molecule has 0 saturated carbocycles. The first-order valence-electron chi connectivity index (χ1n) is 5.97. The second-order valence-electron chi connectivity index (χ2n) is 3.85. The lowest BCUT2D eigenvalue weighted by molar-refractivity contribution is -0.112. The van der Waals surface area contributed by atoms with E-state index < -0.39 is 0 Å². The van der Waals surface area contributed by atoms with Gasteiger partial charge in [0.15, 0.2) is 17.3 Å². The number of ketones is 1. The van der Waals surface area contributed by atoms with E-state index in [0.717, 1.165) is 5.56 Å². The Bertz CT molecular complexity index is 487. The van der Waals surface area contributed by atoms with Gasteiger partial charge in [-0.2, -0.15) is 0 Å². The first-order chi connectivity index (χ1) is 9.17. The molecular weight excluding hydrogens is 240 g/mol. The zero-order chi connectivity index (χ0) is 14.1. The van der Waals surface area contributed by atoms with Crippen LogP contribution in [0.4, 0.5) is 0 Å². The zero-order valence-corrected chi connectivity index (χ0v) is 11.1. The van der Waals surface area contributed by atoms with Crippen molar-refractivity contribution in [3.8, 4) is 11.5 Å². The number of hydrogen-bond acceptors (Lipinski definition) is 3. The van der Waals surface area contributed by atoms with Crippen LogP contribution in [0, 0.1) is 0 Å². The molecule has 100 valence electrons. The van der Waals surface area contributed by atoms with Gasteiger partial charge in [0.05, 0.1) is 0 Å². The molecule has 0 fully saturated rings. The quantitative estimate of drug-likeness (QED) is 0.529. The van der Waals surface area contributed by atoms with E-state index >= 15 is 0 Å². The van der Waals surface area contributed by atoms with Gasteiger partial charge in [0.25, 0.3) is 0 Å². The molecule has 1 aromatic carbocycles. The molecule has 0 aromatic heterocycles. The fourth-order valence-corrected chi connectivity index (χ4v) is 1.37. The van der Waals surface area contributed by atoms with Gasteiger partial charge in [-0.05, 0) is 30.7 Å². The van der Waals surface area contributed by atoms with Gasteiger partial charge >= 0.3 is 0 Å². The summed E-state index contributed by atoms with van der Waals surface area (Å²) in [5, 5.41) is 0. The second kappa shape index (κ2) is 7.93. The highest BCUT2D eigenvalue weighted by atomic mass is 16.5. The van der Waals surface area contributed by atoms with Crippen molar-refractivity contribution in [2.45, 2.75) is 6.92 Å². The van der Waals surface area contributed by atoms with Crippen molar-refractivity contribution < 1.29 is 14.3 Å². The van der Waals surface area contributed by atoms with E-state index in [1.54, 1.807) is 18.2 Å². The van der Waals surface area contributed by atoms with Gasteiger partial charge in [0.2, 0.25) is 0 Å². The van der Waals surface area contributed by atoms with Crippen molar-refractivity contribution in [3.63, 3.8) is 0 Å². The molecule has 1 aromatic rings. The maximum Gasteiger partial charge on any atom is 0.162 e. The molecule has 0 bridgehead atoms. The van der Waals surface area contributed by atoms with Crippen LogP contribution >= 0.6 is 0 Å². The van der Waals surface area contributed by atoms with Crippen molar-refractivity contribution in [2.24, 2.45) is 0 Å². The average molecular weight is 258 g/mol. The van der Waals surface area contributed by atoms with Gasteiger partial charge in [-0.3, -0.25) is 4.79 Å². The Labute approximate surface area is 113 Å². The third-order valence-corrected chi connectivity index (χ3v) is 2.19. The monoisotopic (exact) mass is 258 g/mol. The Hall–Kier alpha value is -2.29. The molecule has 1 rings (SSSR count). The Balaban J connectivity index is 2.95. The third kappa shape index (κ3) is 5.25. The SMILES string of the molecule is C=CCOc1ccc(/C=C/C(C)=O)cc1OCC=C. The molecule has 0 atom stereocenters. The summed E-state index contributed by atoms with van der Waals surface area (Å²) in [4.78, 5) is 10.9. The summed E-state index contributed by atoms with van der Waals surface area (Å²) in [7, 11) is 0. The molecule has 0 heterocycles. The molecule has 0 saturated heterocycles. The van der Waals surface area contributed by atoms with Crippen LogP contribution < -0.4 is 9.47 Å². The van der Waals surface area contributed by atoms with E-state index in [2.05, 4.69) is 13.2 Å². The molecule has 0 N–H and O–H groups in total. The smallest absolute Gasteiger partial charge is 0.162 e. The van der Waals surface area contributed by atoms with Crippen LogP contribution in [0.3, 0.4) is 0 Å². The molecule has 3 nitrogen and oxygen atoms in total. The van der Waals surface area contributed by atoms with E-state index in [-0.39, 0.29) is 5.78 Å². The molecule has 3 heteroatoms. The molecule has 0 unspecified atom stereocenters. The minimum Gasteiger partial charge on any atom is -0.486 e. The number of rotatable bonds is 8. The van der Waals surface area contributed by atoms with Gasteiger partial charge in [0.1, 0.15) is 13.2 Å². The molecule has 0 amide bonds. The van der Waals surface area contributed by atoms with Gasteiger partial charge in [-0.1, -0.05) is 37.5 Å². The van der Waals surface area contributed by atoms with Gasteiger partial charge in [0, 0.05) is 0 Å². The first-order valence-corrected chi connectivity index (χ1v) is 5.97. The van der Waals surface area contributed by atoms with Crippen LogP contribution in [0.1, 0.15) is 12.5 Å². The van der Waals surface area contributed by atoms with E-state index in [1.807, 2.05) is 18.2 Å². The Morgan fingerprint density at radius 2 is 1.79 bits per heavy atom. The van der Waals surface area contributed by atoms with Crippen LogP contribution in [0.25, 0.3) is 6.08 Å². The number of benzene rings is 1. The van der Waals surface area contributed by atoms with E-state index in [1.165, 1.54) is 13.0 Å². The largest absolute Gasteiger partial charge is 0.486 e. The van der Waals surface area contributed by atoms with Crippen LogP contribution in [-0.4, -0.2) is 19.0 Å². The summed E-state index contributed by atoms with van der Waals surface area (Å²) in [6.07, 6.45) is 6.58. The molecule has 0 spiro atoms. The van der Waals surface area contributed by atoms with Crippen molar-refractivity contribution in [1.82, 2.24) is 0 Å². The highest BCUT2D eigenvalue weighted by Gasteiger charge is 2.05. The lowest BCUT2D eigenvalue weighted by Gasteiger charge is -2.11. The van der Waals surface area contributed by atoms with E-state index in [9.17, 15) is 4.79 Å². The Kier molecular flexibility index (Phi) is 6.16. The van der Waals surface area contributed by atoms with Crippen molar-refractivity contribution in [2.75, 3.05) is 13.2 Å². The minimum absolute atomic E-state index is 0.000504.